The highest BCUT2D eigenvalue weighted by Gasteiger charge is 2.13. The molecule has 1 atom stereocenters. The Labute approximate surface area is 162 Å². The monoisotopic (exact) mass is 381 g/mol. The van der Waals surface area contributed by atoms with E-state index in [-0.39, 0.29) is 11.6 Å². The Hall–Kier alpha value is -3.19. The quantitative estimate of drug-likeness (QED) is 0.638. The molecule has 0 aliphatic heterocycles. The number of ether oxygens (including phenoxy) is 2. The van der Waals surface area contributed by atoms with Crippen LogP contribution in [0.3, 0.4) is 0 Å². The third kappa shape index (κ3) is 4.04. The van der Waals surface area contributed by atoms with Crippen molar-refractivity contribution in [2.45, 2.75) is 26.4 Å². The average Bonchev–Trinajstić information content (AvgIpc) is 2.70. The standard InChI is InChI=1S/C21H23N3O4/c1-12-5-8-18(27-3)16(9-12)13(2)22-11-19-23-17-10-14(21(26)28-4)6-7-15(17)20(25)24-19/h5-10,13,22H,11H2,1-4H3,(H,23,24,25)/t13-/m1/s1. The molecule has 0 aliphatic carbocycles. The molecule has 0 fully saturated rings. The molecule has 146 valence electrons. The van der Waals surface area contributed by atoms with Gasteiger partial charge in [-0.05, 0) is 38.1 Å². The first-order valence-corrected chi connectivity index (χ1v) is 8.92. The maximum absolute atomic E-state index is 12.4. The molecule has 2 N–H and O–H groups in total. The number of hydrogen-bond donors (Lipinski definition) is 2. The molecule has 0 spiro atoms. The second-order valence-corrected chi connectivity index (χ2v) is 6.58. The molecule has 0 radical (unpaired) electrons. The molecule has 1 heterocycles. The van der Waals surface area contributed by atoms with Crippen LogP contribution in [-0.4, -0.2) is 30.2 Å². The predicted octanol–water partition coefficient (Wildman–Crippen LogP) is 2.88. The largest absolute Gasteiger partial charge is 0.496 e. The molecule has 1 aromatic heterocycles. The lowest BCUT2D eigenvalue weighted by atomic mass is 10.0. The Bertz CT molecular complexity index is 1070. The molecule has 0 saturated carbocycles. The fourth-order valence-electron chi connectivity index (χ4n) is 3.07. The van der Waals surface area contributed by atoms with Crippen LogP contribution in [0.1, 0.15) is 40.3 Å². The zero-order chi connectivity index (χ0) is 20.3. The number of aromatic nitrogens is 2. The maximum Gasteiger partial charge on any atom is 0.337 e. The zero-order valence-electron chi connectivity index (χ0n) is 16.3. The molecule has 3 rings (SSSR count). The SMILES string of the molecule is COC(=O)c1ccc2c(=O)[nH]c(CN[C@H](C)c3cc(C)ccc3OC)nc2c1. The van der Waals surface area contributed by atoms with Gasteiger partial charge in [-0.25, -0.2) is 9.78 Å². The minimum absolute atomic E-state index is 0.0164. The van der Waals surface area contributed by atoms with Crippen molar-refractivity contribution in [2.75, 3.05) is 14.2 Å². The molecule has 0 unspecified atom stereocenters. The van der Waals surface area contributed by atoms with Crippen LogP contribution in [0.2, 0.25) is 0 Å². The van der Waals surface area contributed by atoms with Crippen LogP contribution in [0.15, 0.2) is 41.2 Å². The molecule has 28 heavy (non-hydrogen) atoms. The molecule has 0 saturated heterocycles. The number of esters is 1. The maximum atomic E-state index is 12.4. The van der Waals surface area contributed by atoms with Gasteiger partial charge in [-0.1, -0.05) is 17.7 Å². The normalized spacial score (nSPS) is 12.0. The summed E-state index contributed by atoms with van der Waals surface area (Å²) in [5.74, 6) is 0.815. The first-order chi connectivity index (χ1) is 13.4. The van der Waals surface area contributed by atoms with Crippen LogP contribution in [0.5, 0.6) is 5.75 Å². The van der Waals surface area contributed by atoms with Crippen molar-refractivity contribution in [3.63, 3.8) is 0 Å². The highest BCUT2D eigenvalue weighted by molar-refractivity contribution is 5.93. The molecule has 7 heteroatoms. The Morgan fingerprint density at radius 1 is 1.21 bits per heavy atom. The van der Waals surface area contributed by atoms with Gasteiger partial charge in [0.25, 0.3) is 5.56 Å². The third-order valence-corrected chi connectivity index (χ3v) is 4.60. The Morgan fingerprint density at radius 2 is 2.00 bits per heavy atom. The number of aryl methyl sites for hydroxylation is 1. The summed E-state index contributed by atoms with van der Waals surface area (Å²) in [4.78, 5) is 31.3. The number of rotatable bonds is 6. The number of carbonyl (C=O) groups excluding carboxylic acids is 1. The van der Waals surface area contributed by atoms with Gasteiger partial charge in [0.2, 0.25) is 0 Å². The third-order valence-electron chi connectivity index (χ3n) is 4.60. The van der Waals surface area contributed by atoms with Gasteiger partial charge in [-0.2, -0.15) is 0 Å². The minimum atomic E-state index is -0.469. The van der Waals surface area contributed by atoms with E-state index >= 15 is 0 Å². The number of aromatic amines is 1. The van der Waals surface area contributed by atoms with Crippen LogP contribution in [0.4, 0.5) is 0 Å². The number of methoxy groups -OCH3 is 2. The van der Waals surface area contributed by atoms with Gasteiger partial charge < -0.3 is 19.8 Å². The molecule has 2 aromatic carbocycles. The highest BCUT2D eigenvalue weighted by atomic mass is 16.5. The summed E-state index contributed by atoms with van der Waals surface area (Å²) in [6.45, 7) is 4.40. The van der Waals surface area contributed by atoms with E-state index in [1.165, 1.54) is 7.11 Å². The number of nitrogens with zero attached hydrogens (tertiary/aromatic N) is 1. The van der Waals surface area contributed by atoms with Crippen LogP contribution in [-0.2, 0) is 11.3 Å². The van der Waals surface area contributed by atoms with Crippen molar-refractivity contribution in [3.8, 4) is 5.75 Å². The van der Waals surface area contributed by atoms with Crippen molar-refractivity contribution in [3.05, 3.63) is 69.3 Å². The van der Waals surface area contributed by atoms with Crippen molar-refractivity contribution in [1.82, 2.24) is 15.3 Å². The van der Waals surface area contributed by atoms with Crippen LogP contribution >= 0.6 is 0 Å². The lowest BCUT2D eigenvalue weighted by Gasteiger charge is -2.18. The van der Waals surface area contributed by atoms with Gasteiger partial charge in [-0.15, -0.1) is 0 Å². The molecular weight excluding hydrogens is 358 g/mol. The summed E-state index contributed by atoms with van der Waals surface area (Å²) in [5, 5.41) is 3.77. The number of fused-ring (bicyclic) bond motifs is 1. The van der Waals surface area contributed by atoms with Crippen LogP contribution < -0.4 is 15.6 Å². The second kappa shape index (κ2) is 8.22. The Balaban J connectivity index is 1.85. The number of carbonyl (C=O) groups is 1. The van der Waals surface area contributed by atoms with E-state index in [0.29, 0.717) is 28.8 Å². The number of H-pyrrole nitrogens is 1. The zero-order valence-corrected chi connectivity index (χ0v) is 16.3. The van der Waals surface area contributed by atoms with Gasteiger partial charge in [0.15, 0.2) is 0 Å². The van der Waals surface area contributed by atoms with Gasteiger partial charge in [-0.3, -0.25) is 4.79 Å². The van der Waals surface area contributed by atoms with E-state index in [0.717, 1.165) is 16.9 Å². The fraction of sp³-hybridized carbons (Fsp3) is 0.286. The molecule has 0 amide bonds. The Kier molecular flexibility index (Phi) is 5.75. The number of nitrogens with one attached hydrogen (secondary N) is 2. The van der Waals surface area contributed by atoms with Crippen LogP contribution in [0, 0.1) is 6.92 Å². The second-order valence-electron chi connectivity index (χ2n) is 6.58. The smallest absolute Gasteiger partial charge is 0.337 e. The molecule has 3 aromatic rings. The van der Waals surface area contributed by atoms with E-state index < -0.39 is 5.97 Å². The summed E-state index contributed by atoms with van der Waals surface area (Å²) in [5.41, 5.74) is 2.71. The van der Waals surface area contributed by atoms with Gasteiger partial charge in [0, 0.05) is 11.6 Å². The van der Waals surface area contributed by atoms with E-state index in [9.17, 15) is 9.59 Å². The average molecular weight is 381 g/mol. The first kappa shape index (κ1) is 19.6. The van der Waals surface area contributed by atoms with Crippen molar-refractivity contribution in [2.24, 2.45) is 0 Å². The summed E-state index contributed by atoms with van der Waals surface area (Å²) in [6.07, 6.45) is 0. The first-order valence-electron chi connectivity index (χ1n) is 8.92. The molecule has 0 aliphatic rings. The topological polar surface area (TPSA) is 93.3 Å². The fourth-order valence-corrected chi connectivity index (χ4v) is 3.07. The summed E-state index contributed by atoms with van der Waals surface area (Å²) in [6, 6.07) is 10.7. The highest BCUT2D eigenvalue weighted by Crippen LogP contribution is 2.26. The minimum Gasteiger partial charge on any atom is -0.496 e. The van der Waals surface area contributed by atoms with Crippen molar-refractivity contribution in [1.29, 1.82) is 0 Å². The van der Waals surface area contributed by atoms with E-state index in [2.05, 4.69) is 21.4 Å². The van der Waals surface area contributed by atoms with Crippen molar-refractivity contribution >= 4 is 16.9 Å². The van der Waals surface area contributed by atoms with E-state index in [1.807, 2.05) is 26.0 Å². The van der Waals surface area contributed by atoms with Gasteiger partial charge >= 0.3 is 5.97 Å². The summed E-state index contributed by atoms with van der Waals surface area (Å²) < 4.78 is 10.2. The Morgan fingerprint density at radius 3 is 2.71 bits per heavy atom. The van der Waals surface area contributed by atoms with E-state index in [4.69, 9.17) is 9.47 Å². The number of hydrogen-bond acceptors (Lipinski definition) is 6. The summed E-state index contributed by atoms with van der Waals surface area (Å²) in [7, 11) is 2.95. The molecule has 7 nitrogen and oxygen atoms in total. The predicted molar refractivity (Wildman–Crippen MR) is 107 cm³/mol. The molecular formula is C21H23N3O4. The van der Waals surface area contributed by atoms with E-state index in [1.54, 1.807) is 25.3 Å². The number of benzene rings is 2. The van der Waals surface area contributed by atoms with Gasteiger partial charge in [0.05, 0.1) is 37.2 Å². The van der Waals surface area contributed by atoms with Gasteiger partial charge in [0.1, 0.15) is 11.6 Å². The van der Waals surface area contributed by atoms with Crippen molar-refractivity contribution < 1.29 is 14.3 Å². The molecule has 0 bridgehead atoms. The lowest BCUT2D eigenvalue weighted by molar-refractivity contribution is 0.0601. The summed E-state index contributed by atoms with van der Waals surface area (Å²) >= 11 is 0. The van der Waals surface area contributed by atoms with Crippen LogP contribution in [0.25, 0.3) is 10.9 Å². The lowest BCUT2D eigenvalue weighted by Crippen LogP contribution is -2.22.